The Hall–Kier alpha value is -4.72. The minimum Gasteiger partial charge on any atom is -0.494 e. The number of hydrogen-bond acceptors (Lipinski definition) is 8. The lowest BCUT2D eigenvalue weighted by molar-refractivity contribution is -0.106. The lowest BCUT2D eigenvalue weighted by atomic mass is 9.76. The first-order chi connectivity index (χ1) is 18.9. The van der Waals surface area contributed by atoms with Gasteiger partial charge in [-0.3, -0.25) is 4.57 Å². The van der Waals surface area contributed by atoms with Gasteiger partial charge < -0.3 is 20.1 Å². The molecule has 0 aliphatic carbocycles. The van der Waals surface area contributed by atoms with E-state index in [-0.39, 0.29) is 18.2 Å². The molecule has 0 unspecified atom stereocenters. The SMILES string of the molecule is C[C@]12O[C@](CCn3nnnc3-c3ccccc3)(C[C@@H]1O)c1c2c(O)n(-c2ccc(C#N)c3ccccc23)c1O. The van der Waals surface area contributed by atoms with Crippen LogP contribution in [0, 0.1) is 11.3 Å². The Morgan fingerprint density at radius 2 is 1.72 bits per heavy atom. The summed E-state index contributed by atoms with van der Waals surface area (Å²) in [4.78, 5) is 0. The molecule has 10 heteroatoms. The normalized spacial score (nSPS) is 23.3. The third-order valence-electron chi connectivity index (χ3n) is 8.19. The summed E-state index contributed by atoms with van der Waals surface area (Å²) in [6.45, 7) is 2.09. The van der Waals surface area contributed by atoms with Crippen LogP contribution < -0.4 is 0 Å². The number of aliphatic hydroxyl groups is 1. The van der Waals surface area contributed by atoms with Crippen molar-refractivity contribution >= 4 is 10.8 Å². The molecule has 10 nitrogen and oxygen atoms in total. The predicted octanol–water partition coefficient (Wildman–Crippen LogP) is 3.86. The molecule has 3 atom stereocenters. The Labute approximate surface area is 222 Å². The number of nitriles is 1. The third-order valence-corrected chi connectivity index (χ3v) is 8.19. The summed E-state index contributed by atoms with van der Waals surface area (Å²) in [5.74, 6) is 0.237. The Bertz CT molecular complexity index is 1810. The van der Waals surface area contributed by atoms with Crippen LogP contribution in [0.2, 0.25) is 0 Å². The average molecular weight is 521 g/mol. The van der Waals surface area contributed by atoms with E-state index in [0.717, 1.165) is 5.56 Å². The number of fused-ring (bicyclic) bond motifs is 6. The predicted molar refractivity (Wildman–Crippen MR) is 140 cm³/mol. The number of aliphatic hydroxyl groups excluding tert-OH is 1. The summed E-state index contributed by atoms with van der Waals surface area (Å²) in [6.07, 6.45) is -0.307. The molecule has 1 saturated heterocycles. The monoisotopic (exact) mass is 520 g/mol. The highest BCUT2D eigenvalue weighted by Crippen LogP contribution is 2.65. The first kappa shape index (κ1) is 23.4. The highest BCUT2D eigenvalue weighted by molar-refractivity contribution is 5.95. The Kier molecular flexibility index (Phi) is 4.88. The second kappa shape index (κ2) is 8.14. The van der Waals surface area contributed by atoms with Gasteiger partial charge in [-0.25, -0.2) is 4.68 Å². The van der Waals surface area contributed by atoms with E-state index in [2.05, 4.69) is 21.6 Å². The van der Waals surface area contributed by atoms with E-state index >= 15 is 0 Å². The van der Waals surface area contributed by atoms with E-state index in [4.69, 9.17) is 4.74 Å². The zero-order valence-electron chi connectivity index (χ0n) is 21.0. The number of tetrazole rings is 1. The molecule has 39 heavy (non-hydrogen) atoms. The van der Waals surface area contributed by atoms with Gasteiger partial charge in [-0.2, -0.15) is 5.26 Å². The molecule has 0 radical (unpaired) electrons. The number of aryl methyl sites for hydroxylation is 1. The van der Waals surface area contributed by atoms with Crippen LogP contribution >= 0.6 is 0 Å². The fourth-order valence-electron chi connectivity index (χ4n) is 6.36. The van der Waals surface area contributed by atoms with Crippen LogP contribution in [0.3, 0.4) is 0 Å². The number of rotatable bonds is 5. The van der Waals surface area contributed by atoms with Crippen molar-refractivity contribution in [3.63, 3.8) is 0 Å². The molecule has 2 aromatic heterocycles. The second-order valence-corrected chi connectivity index (χ2v) is 10.3. The summed E-state index contributed by atoms with van der Waals surface area (Å²) in [5.41, 5.74) is 0.414. The van der Waals surface area contributed by atoms with Gasteiger partial charge in [-0.15, -0.1) is 5.10 Å². The zero-order valence-corrected chi connectivity index (χ0v) is 21.0. The van der Waals surface area contributed by atoms with Crippen molar-refractivity contribution < 1.29 is 20.1 Å². The molecule has 3 aromatic carbocycles. The van der Waals surface area contributed by atoms with Crippen molar-refractivity contribution in [3.8, 4) is 34.9 Å². The van der Waals surface area contributed by atoms with Crippen LogP contribution in [0.15, 0.2) is 66.7 Å². The van der Waals surface area contributed by atoms with Gasteiger partial charge in [0, 0.05) is 35.7 Å². The van der Waals surface area contributed by atoms with Crippen LogP contribution in [0.1, 0.15) is 36.5 Å². The summed E-state index contributed by atoms with van der Waals surface area (Å²) in [5, 5.41) is 57.5. The number of benzene rings is 3. The zero-order chi connectivity index (χ0) is 26.9. The molecule has 2 aliphatic rings. The highest BCUT2D eigenvalue weighted by atomic mass is 16.6. The molecule has 0 spiro atoms. The standard InChI is InChI=1S/C29H24N6O4/c1-28-22(36)15-29(39-28,13-14-34-25(31-32-33-34)17-7-3-2-4-8-17)24-23(28)26(37)35(27(24)38)21-12-11-18(16-30)19-9-5-6-10-20(19)21/h2-12,22,36-38H,13-15H2,1H3/t22-,28-,29+/m0/s1. The molecular weight excluding hydrogens is 496 g/mol. The van der Waals surface area contributed by atoms with Crippen molar-refractivity contribution in [2.24, 2.45) is 0 Å². The van der Waals surface area contributed by atoms with Gasteiger partial charge in [-0.05, 0) is 29.5 Å². The van der Waals surface area contributed by atoms with E-state index in [1.54, 1.807) is 23.7 Å². The van der Waals surface area contributed by atoms with E-state index in [1.807, 2.05) is 54.6 Å². The molecular formula is C29H24N6O4. The van der Waals surface area contributed by atoms with Gasteiger partial charge in [0.15, 0.2) is 5.82 Å². The van der Waals surface area contributed by atoms with Crippen LogP contribution in [0.25, 0.3) is 27.8 Å². The highest BCUT2D eigenvalue weighted by Gasteiger charge is 2.66. The van der Waals surface area contributed by atoms with Gasteiger partial charge in [0.2, 0.25) is 11.8 Å². The first-order valence-corrected chi connectivity index (χ1v) is 12.7. The largest absolute Gasteiger partial charge is 0.494 e. The number of hydrogen-bond donors (Lipinski definition) is 3. The van der Waals surface area contributed by atoms with Gasteiger partial charge in [-0.1, -0.05) is 54.6 Å². The first-order valence-electron chi connectivity index (χ1n) is 12.7. The molecule has 2 aliphatic heterocycles. The quantitative estimate of drug-likeness (QED) is 0.317. The molecule has 3 N–H and O–H groups in total. The number of ether oxygens (including phenoxy) is 1. The lowest BCUT2D eigenvalue weighted by Gasteiger charge is -2.26. The topological polar surface area (TPSA) is 142 Å². The number of aromatic hydroxyl groups is 2. The van der Waals surface area contributed by atoms with Gasteiger partial charge in [0.1, 0.15) is 11.2 Å². The van der Waals surface area contributed by atoms with Crippen molar-refractivity contribution in [1.82, 2.24) is 24.8 Å². The maximum absolute atomic E-state index is 11.7. The Balaban J connectivity index is 1.35. The Morgan fingerprint density at radius 1 is 1.00 bits per heavy atom. The van der Waals surface area contributed by atoms with Gasteiger partial charge in [0.25, 0.3) is 0 Å². The summed E-state index contributed by atoms with van der Waals surface area (Å²) in [6, 6.07) is 22.5. The minimum absolute atomic E-state index is 0.159. The maximum atomic E-state index is 11.7. The maximum Gasteiger partial charge on any atom is 0.205 e. The minimum atomic E-state index is -1.21. The van der Waals surface area contributed by atoms with Crippen LogP contribution in [-0.2, 0) is 22.5 Å². The van der Waals surface area contributed by atoms with Crippen LogP contribution in [-0.4, -0.2) is 46.2 Å². The average Bonchev–Trinajstić information content (AvgIpc) is 3.66. The van der Waals surface area contributed by atoms with Crippen LogP contribution in [0.4, 0.5) is 0 Å². The molecule has 2 bridgehead atoms. The molecule has 194 valence electrons. The fourth-order valence-corrected chi connectivity index (χ4v) is 6.36. The summed E-state index contributed by atoms with van der Waals surface area (Å²) in [7, 11) is 0. The second-order valence-electron chi connectivity index (χ2n) is 10.3. The van der Waals surface area contributed by atoms with Crippen molar-refractivity contribution in [1.29, 1.82) is 5.26 Å². The number of aromatic nitrogens is 5. The van der Waals surface area contributed by atoms with E-state index < -0.39 is 17.3 Å². The molecule has 4 heterocycles. The fraction of sp³-hybridized carbons (Fsp3) is 0.241. The van der Waals surface area contributed by atoms with Crippen molar-refractivity contribution in [3.05, 3.63) is 83.4 Å². The molecule has 7 rings (SSSR count). The van der Waals surface area contributed by atoms with E-state index in [1.165, 1.54) is 4.57 Å². The van der Waals surface area contributed by atoms with Gasteiger partial charge >= 0.3 is 0 Å². The van der Waals surface area contributed by atoms with E-state index in [0.29, 0.717) is 51.9 Å². The van der Waals surface area contributed by atoms with Crippen LogP contribution in [0.5, 0.6) is 11.8 Å². The molecule has 0 amide bonds. The molecule has 0 saturated carbocycles. The third kappa shape index (κ3) is 3.11. The van der Waals surface area contributed by atoms with Crippen molar-refractivity contribution in [2.45, 2.75) is 43.6 Å². The summed E-state index contributed by atoms with van der Waals surface area (Å²) >= 11 is 0. The lowest BCUT2D eigenvalue weighted by Crippen LogP contribution is -2.33. The van der Waals surface area contributed by atoms with Crippen molar-refractivity contribution in [2.75, 3.05) is 0 Å². The molecule has 5 aromatic rings. The Morgan fingerprint density at radius 3 is 2.49 bits per heavy atom. The number of nitrogens with zero attached hydrogens (tertiary/aromatic N) is 6. The van der Waals surface area contributed by atoms with Gasteiger partial charge in [0.05, 0.1) is 34.6 Å². The summed E-state index contributed by atoms with van der Waals surface area (Å²) < 4.78 is 9.54. The van der Waals surface area contributed by atoms with E-state index in [9.17, 15) is 20.6 Å². The smallest absolute Gasteiger partial charge is 0.205 e. The molecule has 1 fully saturated rings.